The minimum absolute atomic E-state index is 0. The Hall–Kier alpha value is -0.410. The highest BCUT2D eigenvalue weighted by molar-refractivity contribution is 14.0. The molecule has 2 heterocycles. The Morgan fingerprint density at radius 2 is 2.04 bits per heavy atom. The van der Waals surface area contributed by atoms with Crippen molar-refractivity contribution in [1.29, 1.82) is 0 Å². The van der Waals surface area contributed by atoms with Gasteiger partial charge in [-0.25, -0.2) is 9.98 Å². The Balaban J connectivity index is 0.00000312. The first-order chi connectivity index (χ1) is 11.6. The van der Waals surface area contributed by atoms with Gasteiger partial charge in [0, 0.05) is 30.2 Å². The number of hydrogen-bond donors (Lipinski definition) is 2. The van der Waals surface area contributed by atoms with Gasteiger partial charge >= 0.3 is 0 Å². The largest absolute Gasteiger partial charge is 0.357 e. The minimum atomic E-state index is 0. The van der Waals surface area contributed by atoms with Crippen LogP contribution >= 0.6 is 35.3 Å². The summed E-state index contributed by atoms with van der Waals surface area (Å²) in [5.41, 5.74) is 0. The molecule has 5 nitrogen and oxygen atoms in total. The SMILES string of the molecule is CCNC(=NCc1ncc(C)s1)NCC(CC(C)C)N1CCCC1.I. The van der Waals surface area contributed by atoms with E-state index < -0.39 is 0 Å². The summed E-state index contributed by atoms with van der Waals surface area (Å²) >= 11 is 1.72. The van der Waals surface area contributed by atoms with Crippen molar-refractivity contribution in [2.45, 2.75) is 59.5 Å². The van der Waals surface area contributed by atoms with Crippen LogP contribution in [0.25, 0.3) is 0 Å². The van der Waals surface area contributed by atoms with Crippen LogP contribution in [-0.2, 0) is 6.54 Å². The molecular formula is C18H34IN5S. The fourth-order valence-corrected chi connectivity index (χ4v) is 3.90. The average Bonchev–Trinajstić information content (AvgIpc) is 3.20. The number of thiazole rings is 1. The van der Waals surface area contributed by atoms with Crippen LogP contribution in [0.15, 0.2) is 11.2 Å². The van der Waals surface area contributed by atoms with Crippen molar-refractivity contribution in [3.8, 4) is 0 Å². The molecule has 0 aliphatic carbocycles. The number of rotatable bonds is 8. The highest BCUT2D eigenvalue weighted by Crippen LogP contribution is 2.17. The summed E-state index contributed by atoms with van der Waals surface area (Å²) in [4.78, 5) is 13.0. The molecule has 0 bridgehead atoms. The number of aliphatic imine (C=N–C) groups is 1. The third-order valence-electron chi connectivity index (χ3n) is 4.29. The monoisotopic (exact) mass is 479 g/mol. The van der Waals surface area contributed by atoms with Crippen molar-refractivity contribution in [2.75, 3.05) is 26.2 Å². The molecule has 0 aromatic carbocycles. The van der Waals surface area contributed by atoms with Crippen molar-refractivity contribution >= 4 is 41.3 Å². The molecule has 1 unspecified atom stereocenters. The topological polar surface area (TPSA) is 52.6 Å². The molecule has 0 amide bonds. The summed E-state index contributed by atoms with van der Waals surface area (Å²) in [6, 6.07) is 0.596. The highest BCUT2D eigenvalue weighted by Gasteiger charge is 2.22. The van der Waals surface area contributed by atoms with Gasteiger partial charge in [0.1, 0.15) is 5.01 Å². The summed E-state index contributed by atoms with van der Waals surface area (Å²) in [6.07, 6.45) is 5.83. The van der Waals surface area contributed by atoms with E-state index in [4.69, 9.17) is 4.99 Å². The molecule has 144 valence electrons. The molecule has 7 heteroatoms. The summed E-state index contributed by atoms with van der Waals surface area (Å²) < 4.78 is 0. The van der Waals surface area contributed by atoms with Gasteiger partial charge in [-0.2, -0.15) is 0 Å². The predicted molar refractivity (Wildman–Crippen MR) is 119 cm³/mol. The van der Waals surface area contributed by atoms with E-state index in [9.17, 15) is 0 Å². The van der Waals surface area contributed by atoms with Crippen LogP contribution in [0.5, 0.6) is 0 Å². The summed E-state index contributed by atoms with van der Waals surface area (Å²) in [5, 5.41) is 7.98. The van der Waals surface area contributed by atoms with Gasteiger partial charge in [0.05, 0.1) is 6.54 Å². The van der Waals surface area contributed by atoms with E-state index in [-0.39, 0.29) is 24.0 Å². The number of nitrogens with one attached hydrogen (secondary N) is 2. The van der Waals surface area contributed by atoms with Crippen LogP contribution in [0, 0.1) is 12.8 Å². The number of guanidine groups is 1. The van der Waals surface area contributed by atoms with E-state index in [0.717, 1.165) is 30.0 Å². The lowest BCUT2D eigenvalue weighted by Gasteiger charge is -2.29. The molecule has 0 radical (unpaired) electrons. The first-order valence-corrected chi connectivity index (χ1v) is 10.1. The lowest BCUT2D eigenvalue weighted by atomic mass is 10.0. The van der Waals surface area contributed by atoms with Gasteiger partial charge in [0.2, 0.25) is 0 Å². The first kappa shape index (κ1) is 22.6. The molecule has 1 aromatic heterocycles. The molecule has 0 saturated carbocycles. The standard InChI is InChI=1S/C18H33N5S.HI/c1-5-19-18(22-13-17-20-11-15(4)24-17)21-12-16(10-14(2)3)23-8-6-7-9-23;/h11,14,16H,5-10,12-13H2,1-4H3,(H2,19,21,22);1H. The minimum Gasteiger partial charge on any atom is -0.357 e. The molecule has 2 rings (SSSR count). The molecule has 1 aliphatic rings. The molecular weight excluding hydrogens is 445 g/mol. The van der Waals surface area contributed by atoms with E-state index in [1.165, 1.54) is 37.2 Å². The second-order valence-corrected chi connectivity index (χ2v) is 8.29. The number of hydrogen-bond acceptors (Lipinski definition) is 4. The van der Waals surface area contributed by atoms with Crippen LogP contribution in [0.3, 0.4) is 0 Å². The van der Waals surface area contributed by atoms with Crippen LogP contribution in [0.1, 0.15) is 49.9 Å². The Kier molecular flexibility index (Phi) is 10.9. The Morgan fingerprint density at radius 3 is 2.60 bits per heavy atom. The molecule has 0 spiro atoms. The molecule has 1 saturated heterocycles. The lowest BCUT2D eigenvalue weighted by molar-refractivity contribution is 0.213. The van der Waals surface area contributed by atoms with Gasteiger partial charge in [-0.1, -0.05) is 13.8 Å². The van der Waals surface area contributed by atoms with Crippen molar-refractivity contribution in [3.05, 3.63) is 16.1 Å². The third-order valence-corrected chi connectivity index (χ3v) is 5.19. The molecule has 1 aliphatic heterocycles. The maximum atomic E-state index is 4.70. The molecule has 25 heavy (non-hydrogen) atoms. The van der Waals surface area contributed by atoms with Crippen molar-refractivity contribution < 1.29 is 0 Å². The first-order valence-electron chi connectivity index (χ1n) is 9.26. The van der Waals surface area contributed by atoms with E-state index in [0.29, 0.717) is 12.6 Å². The van der Waals surface area contributed by atoms with E-state index in [2.05, 4.69) is 48.2 Å². The zero-order chi connectivity index (χ0) is 17.4. The second kappa shape index (κ2) is 12.1. The number of nitrogens with zero attached hydrogens (tertiary/aromatic N) is 3. The van der Waals surface area contributed by atoms with E-state index in [1.807, 2.05) is 6.20 Å². The fraction of sp³-hybridized carbons (Fsp3) is 0.778. The van der Waals surface area contributed by atoms with Gasteiger partial charge in [0.25, 0.3) is 0 Å². The van der Waals surface area contributed by atoms with Crippen LogP contribution in [0.4, 0.5) is 0 Å². The summed E-state index contributed by atoms with van der Waals surface area (Å²) in [5.74, 6) is 1.62. The molecule has 1 fully saturated rings. The normalized spacial score (nSPS) is 16.8. The smallest absolute Gasteiger partial charge is 0.191 e. The van der Waals surface area contributed by atoms with Crippen LogP contribution in [0.2, 0.25) is 0 Å². The van der Waals surface area contributed by atoms with Gasteiger partial charge in [-0.3, -0.25) is 4.90 Å². The summed E-state index contributed by atoms with van der Waals surface area (Å²) in [7, 11) is 0. The van der Waals surface area contributed by atoms with Crippen LogP contribution in [-0.4, -0.2) is 48.1 Å². The van der Waals surface area contributed by atoms with E-state index >= 15 is 0 Å². The molecule has 2 N–H and O–H groups in total. The van der Waals surface area contributed by atoms with Crippen molar-refractivity contribution in [3.63, 3.8) is 0 Å². The second-order valence-electron chi connectivity index (χ2n) is 6.97. The number of aryl methyl sites for hydroxylation is 1. The average molecular weight is 479 g/mol. The lowest BCUT2D eigenvalue weighted by Crippen LogP contribution is -2.47. The Labute approximate surface area is 174 Å². The summed E-state index contributed by atoms with van der Waals surface area (Å²) in [6.45, 7) is 13.8. The molecule has 1 aromatic rings. The zero-order valence-electron chi connectivity index (χ0n) is 16.0. The van der Waals surface area contributed by atoms with Crippen molar-refractivity contribution in [1.82, 2.24) is 20.5 Å². The van der Waals surface area contributed by atoms with Gasteiger partial charge in [0.15, 0.2) is 5.96 Å². The Bertz CT molecular complexity index is 511. The van der Waals surface area contributed by atoms with Crippen LogP contribution < -0.4 is 10.6 Å². The fourth-order valence-electron chi connectivity index (χ4n) is 3.19. The van der Waals surface area contributed by atoms with Gasteiger partial charge in [-0.05, 0) is 52.1 Å². The van der Waals surface area contributed by atoms with Gasteiger partial charge in [-0.15, -0.1) is 35.3 Å². The highest BCUT2D eigenvalue weighted by atomic mass is 127. The third kappa shape index (κ3) is 8.21. The quantitative estimate of drug-likeness (QED) is 0.340. The van der Waals surface area contributed by atoms with Gasteiger partial charge < -0.3 is 10.6 Å². The maximum absolute atomic E-state index is 4.70. The maximum Gasteiger partial charge on any atom is 0.191 e. The van der Waals surface area contributed by atoms with Crippen molar-refractivity contribution in [2.24, 2.45) is 10.9 Å². The molecule has 1 atom stereocenters. The number of halogens is 1. The predicted octanol–water partition coefficient (Wildman–Crippen LogP) is 3.64. The number of aromatic nitrogens is 1. The number of likely N-dealkylation sites (tertiary alicyclic amines) is 1. The van der Waals surface area contributed by atoms with E-state index in [1.54, 1.807) is 11.3 Å². The zero-order valence-corrected chi connectivity index (χ0v) is 19.2. The Morgan fingerprint density at radius 1 is 1.32 bits per heavy atom.